The molecule has 1 N–H and O–H groups in total. The van der Waals surface area contributed by atoms with Gasteiger partial charge < -0.3 is 5.11 Å². The van der Waals surface area contributed by atoms with Gasteiger partial charge in [-0.15, -0.1) is 0 Å². The van der Waals surface area contributed by atoms with Crippen LogP contribution in [-0.4, -0.2) is 43.4 Å². The summed E-state index contributed by atoms with van der Waals surface area (Å²) in [4.78, 5) is 10.9. The zero-order valence-electron chi connectivity index (χ0n) is 11.4. The van der Waals surface area contributed by atoms with Crippen LogP contribution in [0.2, 0.25) is 5.02 Å². The quantitative estimate of drug-likeness (QED) is 0.867. The number of nitrogens with zero attached hydrogens (tertiary/aromatic N) is 2. The standard InChI is InChI=1S/C12H17ClN2O4S/c1-9(2)14(3)20(18,19)15(8-12(16)17)11-6-4-10(13)5-7-11/h4-7,9H,8H2,1-3H3,(H,16,17). The van der Waals surface area contributed by atoms with Crippen molar-refractivity contribution >= 4 is 33.5 Å². The fourth-order valence-electron chi connectivity index (χ4n) is 1.46. The van der Waals surface area contributed by atoms with Gasteiger partial charge in [0, 0.05) is 18.1 Å². The van der Waals surface area contributed by atoms with Gasteiger partial charge >= 0.3 is 16.2 Å². The van der Waals surface area contributed by atoms with Crippen LogP contribution in [0.3, 0.4) is 0 Å². The van der Waals surface area contributed by atoms with E-state index in [0.29, 0.717) is 5.02 Å². The van der Waals surface area contributed by atoms with Gasteiger partial charge in [0.25, 0.3) is 0 Å². The lowest BCUT2D eigenvalue weighted by Crippen LogP contribution is -2.46. The molecule has 0 heterocycles. The number of halogens is 1. The minimum atomic E-state index is -3.92. The van der Waals surface area contributed by atoms with Crippen molar-refractivity contribution in [3.05, 3.63) is 29.3 Å². The van der Waals surface area contributed by atoms with E-state index in [9.17, 15) is 13.2 Å². The molecule has 0 atom stereocenters. The molecule has 6 nitrogen and oxygen atoms in total. The van der Waals surface area contributed by atoms with Crippen molar-refractivity contribution in [1.82, 2.24) is 4.31 Å². The summed E-state index contributed by atoms with van der Waals surface area (Å²) >= 11 is 5.75. The maximum Gasteiger partial charge on any atom is 0.324 e. The fraction of sp³-hybridized carbons (Fsp3) is 0.417. The maximum atomic E-state index is 12.4. The minimum Gasteiger partial charge on any atom is -0.480 e. The van der Waals surface area contributed by atoms with E-state index in [1.807, 2.05) is 0 Å². The van der Waals surface area contributed by atoms with Gasteiger partial charge in [-0.25, -0.2) is 4.31 Å². The van der Waals surface area contributed by atoms with Crippen LogP contribution in [0.5, 0.6) is 0 Å². The van der Waals surface area contributed by atoms with E-state index in [0.717, 1.165) is 8.61 Å². The number of carboxylic acid groups (broad SMARTS) is 1. The number of benzene rings is 1. The molecular weight excluding hydrogens is 304 g/mol. The molecule has 1 aromatic rings. The van der Waals surface area contributed by atoms with Crippen molar-refractivity contribution in [1.29, 1.82) is 0 Å². The van der Waals surface area contributed by atoms with Gasteiger partial charge in [-0.3, -0.25) is 4.79 Å². The van der Waals surface area contributed by atoms with E-state index in [1.54, 1.807) is 13.8 Å². The SMILES string of the molecule is CC(C)N(C)S(=O)(=O)N(CC(=O)O)c1ccc(Cl)cc1. The van der Waals surface area contributed by atoms with E-state index in [1.165, 1.54) is 31.3 Å². The van der Waals surface area contributed by atoms with Gasteiger partial charge in [-0.05, 0) is 38.1 Å². The van der Waals surface area contributed by atoms with Crippen molar-refractivity contribution in [2.24, 2.45) is 0 Å². The largest absolute Gasteiger partial charge is 0.480 e. The van der Waals surface area contributed by atoms with Crippen LogP contribution >= 0.6 is 11.6 Å². The molecule has 0 aliphatic heterocycles. The third-order valence-electron chi connectivity index (χ3n) is 2.76. The number of carboxylic acids is 1. The van der Waals surface area contributed by atoms with Crippen molar-refractivity contribution in [3.8, 4) is 0 Å². The first-order valence-corrected chi connectivity index (χ1v) is 7.66. The third kappa shape index (κ3) is 3.84. The lowest BCUT2D eigenvalue weighted by atomic mass is 10.3. The zero-order valence-corrected chi connectivity index (χ0v) is 13.0. The highest BCUT2D eigenvalue weighted by Gasteiger charge is 2.30. The summed E-state index contributed by atoms with van der Waals surface area (Å²) in [5, 5.41) is 9.38. The molecular formula is C12H17ClN2O4S. The molecule has 0 amide bonds. The number of anilines is 1. The highest BCUT2D eigenvalue weighted by Crippen LogP contribution is 2.22. The number of carbonyl (C=O) groups is 1. The summed E-state index contributed by atoms with van der Waals surface area (Å²) in [6.07, 6.45) is 0. The number of aliphatic carboxylic acids is 1. The van der Waals surface area contributed by atoms with Crippen molar-refractivity contribution in [2.45, 2.75) is 19.9 Å². The van der Waals surface area contributed by atoms with E-state index >= 15 is 0 Å². The van der Waals surface area contributed by atoms with E-state index in [2.05, 4.69) is 0 Å². The molecule has 112 valence electrons. The Bertz CT molecular complexity index is 572. The zero-order chi connectivity index (χ0) is 15.5. The van der Waals surface area contributed by atoms with E-state index in [4.69, 9.17) is 16.7 Å². The van der Waals surface area contributed by atoms with Crippen LogP contribution in [0.25, 0.3) is 0 Å². The molecule has 0 unspecified atom stereocenters. The molecule has 0 spiro atoms. The number of hydrogen-bond acceptors (Lipinski definition) is 3. The lowest BCUT2D eigenvalue weighted by Gasteiger charge is -2.30. The van der Waals surface area contributed by atoms with Gasteiger partial charge in [-0.1, -0.05) is 11.6 Å². The molecule has 0 saturated carbocycles. The Kier molecular flexibility index (Phi) is 5.38. The molecule has 0 saturated heterocycles. The van der Waals surface area contributed by atoms with Crippen LogP contribution < -0.4 is 4.31 Å². The Morgan fingerprint density at radius 3 is 2.20 bits per heavy atom. The molecule has 0 aromatic heterocycles. The molecule has 1 aromatic carbocycles. The van der Waals surface area contributed by atoms with Gasteiger partial charge in [-0.2, -0.15) is 12.7 Å². The summed E-state index contributed by atoms with van der Waals surface area (Å²) in [6.45, 7) is 2.76. The number of hydrogen-bond donors (Lipinski definition) is 1. The Labute approximate surface area is 123 Å². The molecule has 0 bridgehead atoms. The summed E-state index contributed by atoms with van der Waals surface area (Å²) in [7, 11) is -2.51. The van der Waals surface area contributed by atoms with Crippen molar-refractivity contribution in [3.63, 3.8) is 0 Å². The highest BCUT2D eigenvalue weighted by molar-refractivity contribution is 7.90. The van der Waals surface area contributed by atoms with Crippen LogP contribution in [0, 0.1) is 0 Å². The second-order valence-electron chi connectivity index (χ2n) is 4.49. The average Bonchev–Trinajstić information content (AvgIpc) is 2.35. The number of rotatable bonds is 6. The second kappa shape index (κ2) is 6.43. The first-order valence-electron chi connectivity index (χ1n) is 5.89. The maximum absolute atomic E-state index is 12.4. The minimum absolute atomic E-state index is 0.254. The molecule has 8 heteroatoms. The average molecular weight is 321 g/mol. The third-order valence-corrected chi connectivity index (χ3v) is 5.06. The van der Waals surface area contributed by atoms with Crippen LogP contribution in [-0.2, 0) is 15.0 Å². The summed E-state index contributed by atoms with van der Waals surface area (Å²) in [5.74, 6) is -1.24. The monoisotopic (exact) mass is 320 g/mol. The molecule has 0 radical (unpaired) electrons. The molecule has 0 fully saturated rings. The van der Waals surface area contributed by atoms with E-state index in [-0.39, 0.29) is 11.7 Å². The van der Waals surface area contributed by atoms with Gasteiger partial charge in [0.2, 0.25) is 0 Å². The summed E-state index contributed by atoms with van der Waals surface area (Å²) in [5.41, 5.74) is 0.254. The topological polar surface area (TPSA) is 77.9 Å². The van der Waals surface area contributed by atoms with Crippen LogP contribution in [0.4, 0.5) is 5.69 Å². The fourth-order valence-corrected chi connectivity index (χ4v) is 3.09. The van der Waals surface area contributed by atoms with E-state index < -0.39 is 22.7 Å². The Morgan fingerprint density at radius 1 is 1.30 bits per heavy atom. The lowest BCUT2D eigenvalue weighted by molar-refractivity contribution is -0.135. The summed E-state index contributed by atoms with van der Waals surface area (Å²) in [6, 6.07) is 5.67. The summed E-state index contributed by atoms with van der Waals surface area (Å²) < 4.78 is 26.9. The Balaban J connectivity index is 3.25. The Hall–Kier alpha value is -1.31. The molecule has 1 rings (SSSR count). The molecule has 0 aliphatic rings. The normalized spacial score (nSPS) is 11.9. The highest BCUT2D eigenvalue weighted by atomic mass is 35.5. The molecule has 0 aliphatic carbocycles. The van der Waals surface area contributed by atoms with Crippen LogP contribution in [0.15, 0.2) is 24.3 Å². The van der Waals surface area contributed by atoms with Crippen molar-refractivity contribution in [2.75, 3.05) is 17.9 Å². The molecule has 20 heavy (non-hydrogen) atoms. The van der Waals surface area contributed by atoms with Gasteiger partial charge in [0.15, 0.2) is 0 Å². The van der Waals surface area contributed by atoms with Gasteiger partial charge in [0.05, 0.1) is 5.69 Å². The van der Waals surface area contributed by atoms with Crippen molar-refractivity contribution < 1.29 is 18.3 Å². The van der Waals surface area contributed by atoms with Gasteiger partial charge in [0.1, 0.15) is 6.54 Å². The van der Waals surface area contributed by atoms with Crippen LogP contribution in [0.1, 0.15) is 13.8 Å². The smallest absolute Gasteiger partial charge is 0.324 e. The predicted molar refractivity (Wildman–Crippen MR) is 78.3 cm³/mol. The Morgan fingerprint density at radius 2 is 1.80 bits per heavy atom. The predicted octanol–water partition coefficient (Wildman–Crippen LogP) is 1.82. The second-order valence-corrected chi connectivity index (χ2v) is 6.84. The first kappa shape index (κ1) is 16.7. The first-order chi connectivity index (χ1) is 9.16.